The molecule has 1 aliphatic rings. The molecule has 0 atom stereocenters. The van der Waals surface area contributed by atoms with Crippen molar-refractivity contribution in [2.75, 3.05) is 10.6 Å². The van der Waals surface area contributed by atoms with Gasteiger partial charge in [0.2, 0.25) is 0 Å². The second-order valence-corrected chi connectivity index (χ2v) is 8.27. The van der Waals surface area contributed by atoms with Gasteiger partial charge in [-0.1, -0.05) is 31.9 Å². The average molecular weight is 420 g/mol. The van der Waals surface area contributed by atoms with E-state index >= 15 is 0 Å². The molecule has 1 aromatic heterocycles. The number of benzene rings is 2. The molecule has 0 aliphatic carbocycles. The van der Waals surface area contributed by atoms with E-state index in [1.54, 1.807) is 0 Å². The van der Waals surface area contributed by atoms with Crippen molar-refractivity contribution in [3.8, 4) is 11.4 Å². The molecule has 0 bridgehead atoms. The fraction of sp³-hybridized carbons (Fsp3) is 0.375. The summed E-state index contributed by atoms with van der Waals surface area (Å²) in [7, 11) is 0. The molecule has 0 fully saturated rings. The minimum atomic E-state index is 0.584. The Labute approximate surface area is 183 Å². The quantitative estimate of drug-likeness (QED) is 0.493. The van der Waals surface area contributed by atoms with Crippen LogP contribution in [0.5, 0.6) is 0 Å². The Morgan fingerprint density at radius 3 is 2.33 bits per heavy atom. The fourth-order valence-electron chi connectivity index (χ4n) is 3.83. The summed E-state index contributed by atoms with van der Waals surface area (Å²) >= 11 is 5.48. The van der Waals surface area contributed by atoms with Gasteiger partial charge in [0, 0.05) is 29.9 Å². The molecule has 6 heteroatoms. The molecule has 1 aliphatic heterocycles. The van der Waals surface area contributed by atoms with Gasteiger partial charge in [-0.3, -0.25) is 0 Å². The first-order valence-corrected chi connectivity index (χ1v) is 11.3. The Hall–Kier alpha value is -2.73. The second-order valence-electron chi connectivity index (χ2n) is 7.86. The summed E-state index contributed by atoms with van der Waals surface area (Å²) in [6.07, 6.45) is 8.24. The van der Waals surface area contributed by atoms with Crippen LogP contribution in [-0.4, -0.2) is 19.9 Å². The summed E-state index contributed by atoms with van der Waals surface area (Å²) in [5.41, 5.74) is 4.40. The van der Waals surface area contributed by atoms with E-state index in [4.69, 9.17) is 12.2 Å². The van der Waals surface area contributed by atoms with E-state index in [0.717, 1.165) is 48.0 Å². The highest BCUT2D eigenvalue weighted by Crippen LogP contribution is 2.24. The lowest BCUT2D eigenvalue weighted by molar-refractivity contribution is 0.636. The lowest BCUT2D eigenvalue weighted by Crippen LogP contribution is -2.18. The van der Waals surface area contributed by atoms with Crippen LogP contribution >= 0.6 is 12.2 Å². The summed E-state index contributed by atoms with van der Waals surface area (Å²) in [6.45, 7) is 3.22. The van der Waals surface area contributed by atoms with Gasteiger partial charge in [-0.05, 0) is 79.9 Å². The zero-order valence-electron chi connectivity index (χ0n) is 17.5. The van der Waals surface area contributed by atoms with E-state index in [-0.39, 0.29) is 0 Å². The van der Waals surface area contributed by atoms with E-state index < -0.39 is 0 Å². The van der Waals surface area contributed by atoms with Crippen molar-refractivity contribution in [3.63, 3.8) is 0 Å². The highest BCUT2D eigenvalue weighted by Gasteiger charge is 2.15. The standard InChI is InChI=1S/C24H29N5S/c1-2-3-7-18-9-13-20(14-10-18)25-24(30)26-21-15-11-19(12-16-21)23-28-27-22-8-5-4-6-17-29(22)23/h9-16H,2-8,17H2,1H3,(H2,25,26,30). The lowest BCUT2D eigenvalue weighted by Gasteiger charge is -2.12. The third-order valence-electron chi connectivity index (χ3n) is 5.54. The first kappa shape index (κ1) is 20.5. The molecule has 0 spiro atoms. The van der Waals surface area contributed by atoms with Gasteiger partial charge in [0.05, 0.1) is 0 Å². The van der Waals surface area contributed by atoms with Crippen LogP contribution in [0.4, 0.5) is 11.4 Å². The zero-order chi connectivity index (χ0) is 20.8. The monoisotopic (exact) mass is 419 g/mol. The van der Waals surface area contributed by atoms with Gasteiger partial charge in [-0.15, -0.1) is 10.2 Å². The minimum Gasteiger partial charge on any atom is -0.332 e. The Balaban J connectivity index is 1.37. The molecule has 30 heavy (non-hydrogen) atoms. The summed E-state index contributed by atoms with van der Waals surface area (Å²) in [4.78, 5) is 0. The van der Waals surface area contributed by atoms with Crippen molar-refractivity contribution < 1.29 is 0 Å². The fourth-order valence-corrected chi connectivity index (χ4v) is 4.07. The second kappa shape index (κ2) is 9.85. The molecule has 4 rings (SSSR count). The van der Waals surface area contributed by atoms with Gasteiger partial charge in [-0.2, -0.15) is 0 Å². The molecule has 5 nitrogen and oxygen atoms in total. The SMILES string of the molecule is CCCCc1ccc(NC(=S)Nc2ccc(-c3nnc4n3CCCCC4)cc2)cc1. The Kier molecular flexibility index (Phi) is 6.74. The van der Waals surface area contributed by atoms with Crippen LogP contribution in [0.2, 0.25) is 0 Å². The molecule has 0 unspecified atom stereocenters. The van der Waals surface area contributed by atoms with Crippen LogP contribution in [0.1, 0.15) is 50.4 Å². The van der Waals surface area contributed by atoms with Crippen molar-refractivity contribution >= 4 is 28.7 Å². The summed E-state index contributed by atoms with van der Waals surface area (Å²) in [5.74, 6) is 2.07. The molecule has 2 N–H and O–H groups in total. The number of aryl methyl sites for hydroxylation is 2. The Morgan fingerprint density at radius 1 is 0.933 bits per heavy atom. The maximum absolute atomic E-state index is 5.48. The molecule has 0 saturated carbocycles. The largest absolute Gasteiger partial charge is 0.332 e. The van der Waals surface area contributed by atoms with Crippen molar-refractivity contribution in [2.45, 2.75) is 58.4 Å². The number of anilines is 2. The number of rotatable bonds is 6. The minimum absolute atomic E-state index is 0.584. The summed E-state index contributed by atoms with van der Waals surface area (Å²) < 4.78 is 2.27. The zero-order valence-corrected chi connectivity index (χ0v) is 18.3. The van der Waals surface area contributed by atoms with Crippen LogP contribution in [0, 0.1) is 0 Å². The van der Waals surface area contributed by atoms with Crippen molar-refractivity contribution in [1.29, 1.82) is 0 Å². The van der Waals surface area contributed by atoms with Crippen LogP contribution in [0.15, 0.2) is 48.5 Å². The van der Waals surface area contributed by atoms with Crippen LogP contribution in [-0.2, 0) is 19.4 Å². The highest BCUT2D eigenvalue weighted by molar-refractivity contribution is 7.80. The third-order valence-corrected chi connectivity index (χ3v) is 5.75. The first-order valence-electron chi connectivity index (χ1n) is 10.9. The number of hydrogen-bond acceptors (Lipinski definition) is 3. The number of unbranched alkanes of at least 4 members (excludes halogenated alkanes) is 1. The number of aromatic nitrogens is 3. The number of nitrogens with zero attached hydrogens (tertiary/aromatic N) is 3. The molecule has 0 radical (unpaired) electrons. The number of nitrogens with one attached hydrogen (secondary N) is 2. The van der Waals surface area contributed by atoms with Gasteiger partial charge in [-0.25, -0.2) is 0 Å². The molecular formula is C24H29N5S. The molecule has 2 aromatic carbocycles. The van der Waals surface area contributed by atoms with E-state index in [1.165, 1.54) is 37.7 Å². The van der Waals surface area contributed by atoms with Crippen molar-refractivity contribution in [1.82, 2.24) is 14.8 Å². The van der Waals surface area contributed by atoms with Crippen molar-refractivity contribution in [3.05, 3.63) is 59.9 Å². The van der Waals surface area contributed by atoms with E-state index in [0.29, 0.717) is 5.11 Å². The maximum Gasteiger partial charge on any atom is 0.175 e. The molecule has 2 heterocycles. The first-order chi connectivity index (χ1) is 14.7. The number of fused-ring (bicyclic) bond motifs is 1. The van der Waals surface area contributed by atoms with Gasteiger partial charge >= 0.3 is 0 Å². The van der Waals surface area contributed by atoms with Crippen molar-refractivity contribution in [2.24, 2.45) is 0 Å². The molecule has 0 saturated heterocycles. The van der Waals surface area contributed by atoms with Gasteiger partial charge in [0.15, 0.2) is 10.9 Å². The van der Waals surface area contributed by atoms with Gasteiger partial charge in [0.1, 0.15) is 5.82 Å². The summed E-state index contributed by atoms with van der Waals surface area (Å²) in [5, 5.41) is 15.9. The number of hydrogen-bond donors (Lipinski definition) is 2. The normalized spacial score (nSPS) is 13.4. The van der Waals surface area contributed by atoms with Gasteiger partial charge in [0.25, 0.3) is 0 Å². The predicted octanol–water partition coefficient (Wildman–Crippen LogP) is 5.82. The van der Waals surface area contributed by atoms with Crippen LogP contribution in [0.25, 0.3) is 11.4 Å². The van der Waals surface area contributed by atoms with E-state index in [9.17, 15) is 0 Å². The smallest absolute Gasteiger partial charge is 0.175 e. The molecule has 0 amide bonds. The van der Waals surface area contributed by atoms with Gasteiger partial charge < -0.3 is 15.2 Å². The van der Waals surface area contributed by atoms with E-state index in [2.05, 4.69) is 68.7 Å². The Bertz CT molecular complexity index is 976. The highest BCUT2D eigenvalue weighted by atomic mass is 32.1. The molecule has 156 valence electrons. The molecular weight excluding hydrogens is 390 g/mol. The maximum atomic E-state index is 5.48. The summed E-state index contributed by atoms with van der Waals surface area (Å²) in [6, 6.07) is 16.7. The molecule has 3 aromatic rings. The van der Waals surface area contributed by atoms with E-state index in [1.807, 2.05) is 12.1 Å². The predicted molar refractivity (Wildman–Crippen MR) is 128 cm³/mol. The lowest BCUT2D eigenvalue weighted by atomic mass is 10.1. The van der Waals surface area contributed by atoms with Crippen LogP contribution < -0.4 is 10.6 Å². The Morgan fingerprint density at radius 2 is 1.63 bits per heavy atom. The topological polar surface area (TPSA) is 54.8 Å². The third kappa shape index (κ3) is 5.05. The van der Waals surface area contributed by atoms with Crippen LogP contribution in [0.3, 0.4) is 0 Å². The number of thiocarbonyl (C=S) groups is 1. The average Bonchev–Trinajstić information content (AvgIpc) is 3.02.